The lowest BCUT2D eigenvalue weighted by Gasteiger charge is -2.24. The highest BCUT2D eigenvalue weighted by Gasteiger charge is 2.24. The molecular formula is C10H19NSi2. The first-order valence-corrected chi connectivity index (χ1v) is 11.8. The molecule has 0 radical (unpaired) electrons. The van der Waals surface area contributed by atoms with Crippen LogP contribution < -0.4 is 10.9 Å². The molecule has 13 heavy (non-hydrogen) atoms. The molecule has 1 aromatic rings. The Morgan fingerprint density at radius 3 is 1.92 bits per heavy atom. The number of nitrogens with two attached hydrogens (primary N) is 1. The van der Waals surface area contributed by atoms with Crippen molar-refractivity contribution in [2.75, 3.05) is 5.73 Å². The van der Waals surface area contributed by atoms with Crippen LogP contribution >= 0.6 is 0 Å². The monoisotopic (exact) mass is 209 g/mol. The summed E-state index contributed by atoms with van der Waals surface area (Å²) in [4.78, 5) is 0. The Morgan fingerprint density at radius 2 is 1.54 bits per heavy atom. The summed E-state index contributed by atoms with van der Waals surface area (Å²) in [5.41, 5.74) is 6.54. The quantitative estimate of drug-likeness (QED) is 0.583. The summed E-state index contributed by atoms with van der Waals surface area (Å²) < 4.78 is 0. The standard InChI is InChI=1S/C10H19NSi2/c1-12(13(2,3)4)10-7-5-9(11)6-8-10/h5-8,12H,11H2,1-4H3. The van der Waals surface area contributed by atoms with Crippen LogP contribution in [0.2, 0.25) is 26.2 Å². The average Bonchev–Trinajstić information content (AvgIpc) is 2.03. The molecule has 3 heteroatoms. The molecule has 1 nitrogen and oxygen atoms in total. The first kappa shape index (κ1) is 10.5. The van der Waals surface area contributed by atoms with Crippen molar-refractivity contribution in [1.29, 1.82) is 0 Å². The third-order valence-electron chi connectivity index (χ3n) is 2.74. The summed E-state index contributed by atoms with van der Waals surface area (Å²) in [6, 6.07) is 8.48. The molecule has 0 aliphatic carbocycles. The molecule has 2 N–H and O–H groups in total. The van der Waals surface area contributed by atoms with Crippen LogP contribution in [-0.2, 0) is 0 Å². The van der Waals surface area contributed by atoms with Gasteiger partial charge < -0.3 is 5.73 Å². The van der Waals surface area contributed by atoms with Gasteiger partial charge in [-0.3, -0.25) is 0 Å². The second-order valence-corrected chi connectivity index (χ2v) is 19.4. The minimum atomic E-state index is -0.921. The van der Waals surface area contributed by atoms with E-state index in [1.54, 1.807) is 5.19 Å². The highest BCUT2D eigenvalue weighted by Crippen LogP contribution is 2.07. The summed E-state index contributed by atoms with van der Waals surface area (Å²) in [6.45, 7) is 9.83. The number of rotatable bonds is 2. The molecule has 0 fully saturated rings. The summed E-state index contributed by atoms with van der Waals surface area (Å²) >= 11 is 0. The zero-order valence-corrected chi connectivity index (χ0v) is 11.1. The molecule has 1 aromatic carbocycles. The van der Waals surface area contributed by atoms with Crippen molar-refractivity contribution in [1.82, 2.24) is 0 Å². The Hall–Kier alpha value is -0.546. The highest BCUT2D eigenvalue weighted by molar-refractivity contribution is 7.36. The highest BCUT2D eigenvalue weighted by atomic mass is 29.2. The molecule has 0 saturated heterocycles. The van der Waals surface area contributed by atoms with Gasteiger partial charge in [0.25, 0.3) is 0 Å². The van der Waals surface area contributed by atoms with Gasteiger partial charge in [0.2, 0.25) is 0 Å². The zero-order valence-electron chi connectivity index (χ0n) is 8.96. The lowest BCUT2D eigenvalue weighted by molar-refractivity contribution is 1.71. The molecule has 0 aliphatic heterocycles. The summed E-state index contributed by atoms with van der Waals surface area (Å²) in [5, 5.41) is 1.56. The lowest BCUT2D eigenvalue weighted by atomic mass is 10.3. The molecule has 0 bridgehead atoms. The Balaban J connectivity index is 2.90. The Labute approximate surface area is 83.4 Å². The second-order valence-electron chi connectivity index (χ2n) is 4.75. The summed E-state index contributed by atoms with van der Waals surface area (Å²) in [7, 11) is -1.61. The molecule has 1 rings (SSSR count). The Bertz CT molecular complexity index is 274. The smallest absolute Gasteiger partial charge is 0.0614 e. The number of nitrogen functional groups attached to an aromatic ring is 1. The molecule has 1 unspecified atom stereocenters. The number of anilines is 1. The average molecular weight is 209 g/mol. The van der Waals surface area contributed by atoms with E-state index in [-0.39, 0.29) is 0 Å². The molecule has 0 aromatic heterocycles. The van der Waals surface area contributed by atoms with Crippen molar-refractivity contribution in [3.05, 3.63) is 24.3 Å². The lowest BCUT2D eigenvalue weighted by Crippen LogP contribution is -2.49. The van der Waals surface area contributed by atoms with Gasteiger partial charge in [-0.25, -0.2) is 0 Å². The van der Waals surface area contributed by atoms with Crippen molar-refractivity contribution in [3.8, 4) is 0 Å². The van der Waals surface area contributed by atoms with Gasteiger partial charge in [0.05, 0.1) is 8.31 Å². The largest absolute Gasteiger partial charge is 0.399 e. The molecule has 72 valence electrons. The van der Waals surface area contributed by atoms with Gasteiger partial charge in [-0.1, -0.05) is 43.5 Å². The first-order valence-electron chi connectivity index (χ1n) is 4.76. The van der Waals surface area contributed by atoms with E-state index in [0.29, 0.717) is 0 Å². The number of benzene rings is 1. The van der Waals surface area contributed by atoms with Gasteiger partial charge in [0.15, 0.2) is 0 Å². The van der Waals surface area contributed by atoms with Gasteiger partial charge in [0, 0.05) is 13.3 Å². The van der Waals surface area contributed by atoms with Crippen LogP contribution in [0.15, 0.2) is 24.3 Å². The predicted molar refractivity (Wildman–Crippen MR) is 66.8 cm³/mol. The van der Waals surface area contributed by atoms with Crippen LogP contribution in [0.3, 0.4) is 0 Å². The van der Waals surface area contributed by atoms with E-state index in [0.717, 1.165) is 5.69 Å². The molecule has 1 atom stereocenters. The number of hydrogen-bond acceptors (Lipinski definition) is 1. The van der Waals surface area contributed by atoms with Crippen LogP contribution in [0, 0.1) is 0 Å². The van der Waals surface area contributed by atoms with E-state index in [2.05, 4.69) is 38.3 Å². The minimum Gasteiger partial charge on any atom is -0.399 e. The topological polar surface area (TPSA) is 26.0 Å². The fraction of sp³-hybridized carbons (Fsp3) is 0.400. The molecule has 0 heterocycles. The van der Waals surface area contributed by atoms with Crippen molar-refractivity contribution >= 4 is 26.8 Å². The molecule has 0 amide bonds. The minimum absolute atomic E-state index is 0.686. The van der Waals surface area contributed by atoms with Crippen molar-refractivity contribution in [3.63, 3.8) is 0 Å². The van der Waals surface area contributed by atoms with E-state index < -0.39 is 15.9 Å². The molecule has 0 aliphatic rings. The van der Waals surface area contributed by atoms with Crippen molar-refractivity contribution < 1.29 is 0 Å². The van der Waals surface area contributed by atoms with Crippen LogP contribution in [0.25, 0.3) is 0 Å². The van der Waals surface area contributed by atoms with Crippen LogP contribution in [-0.4, -0.2) is 15.9 Å². The molecule has 0 spiro atoms. The fourth-order valence-electron chi connectivity index (χ4n) is 1.28. The van der Waals surface area contributed by atoms with E-state index in [1.165, 1.54) is 0 Å². The summed E-state index contributed by atoms with van der Waals surface area (Å²) in [5.74, 6) is 0. The zero-order chi connectivity index (χ0) is 10.1. The molecule has 0 saturated carbocycles. The maximum absolute atomic E-state index is 5.66. The third kappa shape index (κ3) is 2.70. The Morgan fingerprint density at radius 1 is 1.08 bits per heavy atom. The Kier molecular flexibility index (Phi) is 2.98. The van der Waals surface area contributed by atoms with E-state index in [1.807, 2.05) is 12.1 Å². The maximum atomic E-state index is 5.66. The van der Waals surface area contributed by atoms with Crippen molar-refractivity contribution in [2.45, 2.75) is 26.2 Å². The van der Waals surface area contributed by atoms with E-state index in [4.69, 9.17) is 5.73 Å². The normalized spacial score (nSPS) is 14.2. The van der Waals surface area contributed by atoms with Crippen LogP contribution in [0.5, 0.6) is 0 Å². The van der Waals surface area contributed by atoms with Crippen LogP contribution in [0.1, 0.15) is 0 Å². The first-order chi connectivity index (χ1) is 5.91. The van der Waals surface area contributed by atoms with Gasteiger partial charge >= 0.3 is 0 Å². The summed E-state index contributed by atoms with van der Waals surface area (Å²) in [6.07, 6.45) is 0. The van der Waals surface area contributed by atoms with Crippen molar-refractivity contribution in [2.24, 2.45) is 0 Å². The maximum Gasteiger partial charge on any atom is 0.0614 e. The SMILES string of the molecule is C[SiH](c1ccc(N)cc1)[Si](C)(C)C. The van der Waals surface area contributed by atoms with E-state index in [9.17, 15) is 0 Å². The fourth-order valence-corrected chi connectivity index (χ4v) is 6.63. The second kappa shape index (κ2) is 3.68. The van der Waals surface area contributed by atoms with Gasteiger partial charge in [-0.2, -0.15) is 0 Å². The van der Waals surface area contributed by atoms with Gasteiger partial charge in [0.1, 0.15) is 0 Å². The van der Waals surface area contributed by atoms with Crippen LogP contribution in [0.4, 0.5) is 5.69 Å². The predicted octanol–water partition coefficient (Wildman–Crippen LogP) is 1.75. The number of hydrogen-bond donors (Lipinski definition) is 1. The molecular weight excluding hydrogens is 190 g/mol. The van der Waals surface area contributed by atoms with Gasteiger partial charge in [-0.15, -0.1) is 0 Å². The van der Waals surface area contributed by atoms with Gasteiger partial charge in [-0.05, 0) is 12.1 Å². The third-order valence-corrected chi connectivity index (χ3v) is 15.5. The van der Waals surface area contributed by atoms with E-state index >= 15 is 0 Å².